The standard InChI is InChI=1S/C14H16ClN3O2S/c1-18(2)10-11-5-3-4-6-13(11)17-21(19,20)14-9-16-8-7-12(14)15/h3-9,17H,10H2,1-2H3. The molecule has 2 rings (SSSR count). The fraction of sp³-hybridized carbons (Fsp3) is 0.214. The first-order valence-electron chi connectivity index (χ1n) is 6.25. The summed E-state index contributed by atoms with van der Waals surface area (Å²) in [6, 6.07) is 8.70. The minimum atomic E-state index is -3.77. The van der Waals surface area contributed by atoms with E-state index >= 15 is 0 Å². The van der Waals surface area contributed by atoms with Crippen molar-refractivity contribution >= 4 is 27.3 Å². The van der Waals surface area contributed by atoms with Crippen LogP contribution in [0.4, 0.5) is 5.69 Å². The minimum absolute atomic E-state index is 0.0358. The van der Waals surface area contributed by atoms with Crippen LogP contribution in [0, 0.1) is 0 Å². The molecule has 21 heavy (non-hydrogen) atoms. The Labute approximate surface area is 129 Å². The van der Waals surface area contributed by atoms with Crippen molar-refractivity contribution in [1.82, 2.24) is 9.88 Å². The van der Waals surface area contributed by atoms with Gasteiger partial charge in [-0.1, -0.05) is 29.8 Å². The van der Waals surface area contributed by atoms with Gasteiger partial charge in [-0.3, -0.25) is 9.71 Å². The molecule has 1 heterocycles. The van der Waals surface area contributed by atoms with E-state index in [2.05, 4.69) is 9.71 Å². The molecule has 112 valence electrons. The number of nitrogens with zero attached hydrogens (tertiary/aromatic N) is 2. The third-order valence-corrected chi connectivity index (χ3v) is 4.61. The number of aromatic nitrogens is 1. The highest BCUT2D eigenvalue weighted by Crippen LogP contribution is 2.24. The molecule has 0 atom stereocenters. The number of anilines is 1. The monoisotopic (exact) mass is 325 g/mol. The Hall–Kier alpha value is -1.63. The number of benzene rings is 1. The lowest BCUT2D eigenvalue weighted by Crippen LogP contribution is -2.17. The molecule has 0 bridgehead atoms. The molecular formula is C14H16ClN3O2S. The van der Waals surface area contributed by atoms with E-state index in [1.807, 2.05) is 31.1 Å². The number of para-hydroxylation sites is 1. The van der Waals surface area contributed by atoms with Crippen molar-refractivity contribution in [2.24, 2.45) is 0 Å². The van der Waals surface area contributed by atoms with Crippen LogP contribution in [0.15, 0.2) is 47.6 Å². The molecule has 0 saturated carbocycles. The van der Waals surface area contributed by atoms with Gasteiger partial charge in [0.05, 0.1) is 10.7 Å². The molecule has 1 N–H and O–H groups in total. The molecule has 0 radical (unpaired) electrons. The van der Waals surface area contributed by atoms with Gasteiger partial charge in [0.25, 0.3) is 10.0 Å². The molecule has 0 aliphatic carbocycles. The molecular weight excluding hydrogens is 310 g/mol. The summed E-state index contributed by atoms with van der Waals surface area (Å²) in [4.78, 5) is 5.74. The van der Waals surface area contributed by atoms with Gasteiger partial charge in [0.15, 0.2) is 0 Å². The van der Waals surface area contributed by atoms with Gasteiger partial charge in [-0.05, 0) is 31.8 Å². The number of pyridine rings is 1. The van der Waals surface area contributed by atoms with Crippen LogP contribution in [0.5, 0.6) is 0 Å². The Morgan fingerprint density at radius 3 is 2.62 bits per heavy atom. The first-order valence-corrected chi connectivity index (χ1v) is 8.11. The van der Waals surface area contributed by atoms with E-state index in [0.717, 1.165) is 5.56 Å². The Bertz CT molecular complexity index is 733. The number of halogens is 1. The Morgan fingerprint density at radius 2 is 1.95 bits per heavy atom. The quantitative estimate of drug-likeness (QED) is 0.918. The summed E-state index contributed by atoms with van der Waals surface area (Å²) < 4.78 is 27.4. The Morgan fingerprint density at radius 1 is 1.24 bits per heavy atom. The molecule has 7 heteroatoms. The van der Waals surface area contributed by atoms with E-state index in [1.54, 1.807) is 12.1 Å². The maximum absolute atomic E-state index is 12.4. The van der Waals surface area contributed by atoms with Crippen LogP contribution in [0.2, 0.25) is 5.02 Å². The number of nitrogens with one attached hydrogen (secondary N) is 1. The van der Waals surface area contributed by atoms with Gasteiger partial charge in [0, 0.05) is 18.9 Å². The van der Waals surface area contributed by atoms with E-state index in [4.69, 9.17) is 11.6 Å². The summed E-state index contributed by atoms with van der Waals surface area (Å²) in [6.45, 7) is 0.624. The highest BCUT2D eigenvalue weighted by Gasteiger charge is 2.19. The molecule has 0 unspecified atom stereocenters. The average Bonchev–Trinajstić information content (AvgIpc) is 2.40. The molecule has 5 nitrogen and oxygen atoms in total. The number of hydrogen-bond donors (Lipinski definition) is 1. The van der Waals surface area contributed by atoms with Crippen LogP contribution in [-0.4, -0.2) is 32.4 Å². The van der Waals surface area contributed by atoms with Crippen LogP contribution >= 0.6 is 11.6 Å². The second-order valence-electron chi connectivity index (χ2n) is 4.81. The average molecular weight is 326 g/mol. The van der Waals surface area contributed by atoms with Gasteiger partial charge >= 0.3 is 0 Å². The van der Waals surface area contributed by atoms with Gasteiger partial charge in [-0.2, -0.15) is 0 Å². The lowest BCUT2D eigenvalue weighted by Gasteiger charge is -2.16. The van der Waals surface area contributed by atoms with Crippen LogP contribution in [0.25, 0.3) is 0 Å². The normalized spacial score (nSPS) is 11.6. The first-order chi connectivity index (χ1) is 9.90. The van der Waals surface area contributed by atoms with Gasteiger partial charge in [0.2, 0.25) is 0 Å². The highest BCUT2D eigenvalue weighted by molar-refractivity contribution is 7.92. The summed E-state index contributed by atoms with van der Waals surface area (Å²) >= 11 is 5.93. The predicted octanol–water partition coefficient (Wildman–Crippen LogP) is 2.60. The largest absolute Gasteiger partial charge is 0.305 e. The number of hydrogen-bond acceptors (Lipinski definition) is 4. The smallest absolute Gasteiger partial charge is 0.264 e. The van der Waals surface area contributed by atoms with Crippen molar-refractivity contribution in [3.63, 3.8) is 0 Å². The van der Waals surface area contributed by atoms with Gasteiger partial charge in [0.1, 0.15) is 4.90 Å². The molecule has 2 aromatic rings. The molecule has 0 aliphatic heterocycles. The van der Waals surface area contributed by atoms with E-state index in [0.29, 0.717) is 12.2 Å². The van der Waals surface area contributed by atoms with Gasteiger partial charge in [-0.25, -0.2) is 8.42 Å². The van der Waals surface area contributed by atoms with E-state index in [-0.39, 0.29) is 9.92 Å². The third-order valence-electron chi connectivity index (χ3n) is 2.77. The fourth-order valence-corrected chi connectivity index (χ4v) is 3.39. The zero-order valence-corrected chi connectivity index (χ0v) is 13.3. The Balaban J connectivity index is 2.36. The summed E-state index contributed by atoms with van der Waals surface area (Å²) in [6.07, 6.45) is 2.68. The second-order valence-corrected chi connectivity index (χ2v) is 6.86. The van der Waals surface area contributed by atoms with E-state index in [9.17, 15) is 8.42 Å². The van der Waals surface area contributed by atoms with Crippen LogP contribution in [-0.2, 0) is 16.6 Å². The molecule has 0 amide bonds. The topological polar surface area (TPSA) is 62.3 Å². The molecule has 0 spiro atoms. The van der Waals surface area contributed by atoms with Crippen LogP contribution in [0.3, 0.4) is 0 Å². The second kappa shape index (κ2) is 6.43. The van der Waals surface area contributed by atoms with Crippen molar-refractivity contribution in [1.29, 1.82) is 0 Å². The van der Waals surface area contributed by atoms with Crippen molar-refractivity contribution in [2.75, 3.05) is 18.8 Å². The van der Waals surface area contributed by atoms with Gasteiger partial charge in [-0.15, -0.1) is 0 Å². The summed E-state index contributed by atoms with van der Waals surface area (Å²) in [5, 5.41) is 0.141. The molecule has 0 saturated heterocycles. The van der Waals surface area contributed by atoms with Crippen molar-refractivity contribution < 1.29 is 8.42 Å². The third kappa shape index (κ3) is 3.93. The Kier molecular flexibility index (Phi) is 4.82. The van der Waals surface area contributed by atoms with E-state index in [1.165, 1.54) is 18.5 Å². The predicted molar refractivity (Wildman–Crippen MR) is 83.9 cm³/mol. The van der Waals surface area contributed by atoms with Crippen molar-refractivity contribution in [2.45, 2.75) is 11.4 Å². The molecule has 0 aliphatic rings. The number of rotatable bonds is 5. The highest BCUT2D eigenvalue weighted by atomic mass is 35.5. The maximum atomic E-state index is 12.4. The first kappa shape index (κ1) is 15.8. The zero-order valence-electron chi connectivity index (χ0n) is 11.7. The summed E-state index contributed by atoms with van der Waals surface area (Å²) in [5.41, 5.74) is 1.41. The van der Waals surface area contributed by atoms with Crippen LogP contribution in [0.1, 0.15) is 5.56 Å². The molecule has 1 aromatic heterocycles. The van der Waals surface area contributed by atoms with Crippen molar-refractivity contribution in [3.05, 3.63) is 53.3 Å². The summed E-state index contributed by atoms with van der Waals surface area (Å²) in [5.74, 6) is 0. The maximum Gasteiger partial charge on any atom is 0.264 e. The van der Waals surface area contributed by atoms with Gasteiger partial charge < -0.3 is 4.90 Å². The number of sulfonamides is 1. The minimum Gasteiger partial charge on any atom is -0.305 e. The molecule has 1 aromatic carbocycles. The molecule has 0 fully saturated rings. The summed E-state index contributed by atoms with van der Waals surface area (Å²) in [7, 11) is 0.0745. The lowest BCUT2D eigenvalue weighted by atomic mass is 10.2. The van der Waals surface area contributed by atoms with Crippen molar-refractivity contribution in [3.8, 4) is 0 Å². The fourth-order valence-electron chi connectivity index (χ4n) is 1.86. The van der Waals surface area contributed by atoms with E-state index < -0.39 is 10.0 Å². The van der Waals surface area contributed by atoms with Crippen LogP contribution < -0.4 is 4.72 Å². The SMILES string of the molecule is CN(C)Cc1ccccc1NS(=O)(=O)c1cnccc1Cl. The zero-order chi connectivity index (χ0) is 15.5. The lowest BCUT2D eigenvalue weighted by molar-refractivity contribution is 0.403.